The molecule has 1 aliphatic rings. The highest BCUT2D eigenvalue weighted by atomic mass is 32.2. The Balaban J connectivity index is 2.07. The molecule has 0 bridgehead atoms. The summed E-state index contributed by atoms with van der Waals surface area (Å²) in [6.07, 6.45) is 4.34. The van der Waals surface area contributed by atoms with Crippen molar-refractivity contribution in [3.05, 3.63) is 29.3 Å². The van der Waals surface area contributed by atoms with Crippen molar-refractivity contribution in [2.45, 2.75) is 31.1 Å². The third kappa shape index (κ3) is 4.54. The van der Waals surface area contributed by atoms with Crippen LogP contribution in [0.5, 0.6) is 0 Å². The third-order valence-electron chi connectivity index (χ3n) is 4.54. The summed E-state index contributed by atoms with van der Waals surface area (Å²) >= 11 is 0. The van der Waals surface area contributed by atoms with E-state index in [1.807, 2.05) is 11.9 Å². The Morgan fingerprint density at radius 1 is 1.30 bits per heavy atom. The molecule has 1 fully saturated rings. The summed E-state index contributed by atoms with van der Waals surface area (Å²) in [4.78, 5) is 14.7. The maximum atomic E-state index is 12.6. The number of nitrogens with one attached hydrogen (secondary N) is 1. The molecular formula is C17H26N2O3S. The van der Waals surface area contributed by atoms with Crippen LogP contribution >= 0.6 is 0 Å². The van der Waals surface area contributed by atoms with E-state index >= 15 is 0 Å². The number of piperidine rings is 1. The summed E-state index contributed by atoms with van der Waals surface area (Å²) in [5.41, 5.74) is 1.14. The Hall–Kier alpha value is -1.40. The minimum Gasteiger partial charge on any atom is -0.339 e. The van der Waals surface area contributed by atoms with E-state index in [9.17, 15) is 13.2 Å². The fourth-order valence-electron chi connectivity index (χ4n) is 3.09. The second-order valence-corrected chi connectivity index (χ2v) is 8.36. The van der Waals surface area contributed by atoms with Gasteiger partial charge in [-0.2, -0.15) is 0 Å². The molecule has 0 unspecified atom stereocenters. The lowest BCUT2D eigenvalue weighted by molar-refractivity contribution is 0.0687. The first-order valence-electron chi connectivity index (χ1n) is 8.07. The van der Waals surface area contributed by atoms with Crippen LogP contribution in [0.25, 0.3) is 0 Å². The zero-order valence-corrected chi connectivity index (χ0v) is 14.9. The molecule has 0 saturated carbocycles. The number of hydrogen-bond acceptors (Lipinski definition) is 4. The van der Waals surface area contributed by atoms with Gasteiger partial charge in [0.2, 0.25) is 0 Å². The Morgan fingerprint density at radius 3 is 2.52 bits per heavy atom. The van der Waals surface area contributed by atoms with Gasteiger partial charge in [-0.25, -0.2) is 8.42 Å². The van der Waals surface area contributed by atoms with Gasteiger partial charge in [-0.3, -0.25) is 4.79 Å². The molecule has 1 amide bonds. The molecule has 5 nitrogen and oxygen atoms in total. The quantitative estimate of drug-likeness (QED) is 0.890. The summed E-state index contributed by atoms with van der Waals surface area (Å²) in [7, 11) is -1.36. The molecule has 1 aromatic rings. The van der Waals surface area contributed by atoms with Gasteiger partial charge in [-0.15, -0.1) is 0 Å². The van der Waals surface area contributed by atoms with Crippen molar-refractivity contribution in [3.8, 4) is 0 Å². The van der Waals surface area contributed by atoms with Gasteiger partial charge in [0.05, 0.1) is 4.90 Å². The van der Waals surface area contributed by atoms with Crippen LogP contribution in [-0.4, -0.2) is 52.2 Å². The van der Waals surface area contributed by atoms with E-state index < -0.39 is 9.84 Å². The molecule has 0 atom stereocenters. The van der Waals surface area contributed by atoms with E-state index in [0.717, 1.165) is 38.9 Å². The lowest BCUT2D eigenvalue weighted by Crippen LogP contribution is -2.39. The maximum absolute atomic E-state index is 12.6. The van der Waals surface area contributed by atoms with Gasteiger partial charge in [0.25, 0.3) is 5.91 Å². The minimum atomic E-state index is -3.32. The van der Waals surface area contributed by atoms with E-state index in [4.69, 9.17) is 0 Å². The van der Waals surface area contributed by atoms with E-state index in [-0.39, 0.29) is 10.8 Å². The van der Waals surface area contributed by atoms with Crippen molar-refractivity contribution in [2.24, 2.45) is 5.92 Å². The van der Waals surface area contributed by atoms with Gasteiger partial charge in [-0.1, -0.05) is 6.07 Å². The number of nitrogens with zero attached hydrogens (tertiary/aromatic N) is 1. The predicted molar refractivity (Wildman–Crippen MR) is 91.5 cm³/mol. The summed E-state index contributed by atoms with van der Waals surface area (Å²) in [6.45, 7) is 4.25. The molecule has 1 heterocycles. The molecule has 0 aliphatic carbocycles. The molecule has 0 aromatic heterocycles. The number of rotatable bonds is 5. The van der Waals surface area contributed by atoms with Gasteiger partial charge in [0.15, 0.2) is 9.84 Å². The number of hydrogen-bond donors (Lipinski definition) is 1. The van der Waals surface area contributed by atoms with E-state index in [0.29, 0.717) is 17.0 Å². The fourth-order valence-corrected chi connectivity index (χ4v) is 4.08. The van der Waals surface area contributed by atoms with Gasteiger partial charge >= 0.3 is 0 Å². The standard InChI is InChI=1S/C17H26N2O3S/c1-13-4-5-15(12-16(13)23(3,21)22)17(20)19-10-7-14(8-11-19)6-9-18-2/h4-5,12,14,18H,6-11H2,1-3H3. The molecule has 0 spiro atoms. The van der Waals surface area contributed by atoms with Crippen molar-refractivity contribution < 1.29 is 13.2 Å². The normalized spacial score (nSPS) is 16.6. The van der Waals surface area contributed by atoms with Crippen molar-refractivity contribution in [3.63, 3.8) is 0 Å². The predicted octanol–water partition coefficient (Wildman–Crippen LogP) is 1.86. The molecule has 1 saturated heterocycles. The molecule has 6 heteroatoms. The largest absolute Gasteiger partial charge is 0.339 e. The average Bonchev–Trinajstić information content (AvgIpc) is 2.52. The Bertz CT molecular complexity index is 662. The van der Waals surface area contributed by atoms with Crippen molar-refractivity contribution in [2.75, 3.05) is 32.9 Å². The molecule has 128 valence electrons. The van der Waals surface area contributed by atoms with Crippen LogP contribution < -0.4 is 5.32 Å². The summed E-state index contributed by atoms with van der Waals surface area (Å²) < 4.78 is 23.6. The first-order valence-corrected chi connectivity index (χ1v) is 9.96. The SMILES string of the molecule is CNCCC1CCN(C(=O)c2ccc(C)c(S(C)(=O)=O)c2)CC1. The highest BCUT2D eigenvalue weighted by Gasteiger charge is 2.24. The van der Waals surface area contributed by atoms with Crippen LogP contribution in [0.2, 0.25) is 0 Å². The van der Waals surface area contributed by atoms with Crippen LogP contribution in [0.3, 0.4) is 0 Å². The third-order valence-corrected chi connectivity index (χ3v) is 5.78. The number of likely N-dealkylation sites (tertiary alicyclic amines) is 1. The van der Waals surface area contributed by atoms with E-state index in [1.165, 1.54) is 12.3 Å². The highest BCUT2D eigenvalue weighted by Crippen LogP contribution is 2.23. The first-order chi connectivity index (χ1) is 10.8. The number of carbonyl (C=O) groups is 1. The molecular weight excluding hydrogens is 312 g/mol. The average molecular weight is 338 g/mol. The van der Waals surface area contributed by atoms with Crippen molar-refractivity contribution in [1.82, 2.24) is 10.2 Å². The van der Waals surface area contributed by atoms with Crippen LogP contribution in [0.4, 0.5) is 0 Å². The summed E-state index contributed by atoms with van der Waals surface area (Å²) in [5.74, 6) is 0.595. The zero-order valence-electron chi connectivity index (χ0n) is 14.1. The first kappa shape index (κ1) is 17.9. The molecule has 0 radical (unpaired) electrons. The fraction of sp³-hybridized carbons (Fsp3) is 0.588. The molecule has 2 rings (SSSR count). The van der Waals surface area contributed by atoms with Gasteiger partial charge < -0.3 is 10.2 Å². The second-order valence-electron chi connectivity index (χ2n) is 6.38. The van der Waals surface area contributed by atoms with Gasteiger partial charge in [0, 0.05) is 24.9 Å². The Morgan fingerprint density at radius 2 is 1.96 bits per heavy atom. The Kier molecular flexibility index (Phi) is 5.81. The van der Waals surface area contributed by atoms with Gasteiger partial charge in [-0.05, 0) is 63.4 Å². The monoisotopic (exact) mass is 338 g/mol. The number of amides is 1. The smallest absolute Gasteiger partial charge is 0.253 e. The number of sulfone groups is 1. The number of aryl methyl sites for hydroxylation is 1. The van der Waals surface area contributed by atoms with E-state index in [1.54, 1.807) is 19.1 Å². The number of benzene rings is 1. The van der Waals surface area contributed by atoms with Crippen molar-refractivity contribution >= 4 is 15.7 Å². The second kappa shape index (κ2) is 7.45. The molecule has 1 aliphatic heterocycles. The Labute approximate surface area is 139 Å². The molecule has 23 heavy (non-hydrogen) atoms. The van der Waals surface area contributed by atoms with Crippen molar-refractivity contribution in [1.29, 1.82) is 0 Å². The minimum absolute atomic E-state index is 0.0676. The van der Waals surface area contributed by atoms with Crippen LogP contribution in [0, 0.1) is 12.8 Å². The highest BCUT2D eigenvalue weighted by molar-refractivity contribution is 7.90. The van der Waals surface area contributed by atoms with E-state index in [2.05, 4.69) is 5.32 Å². The summed E-state index contributed by atoms with van der Waals surface area (Å²) in [5, 5.41) is 3.16. The van der Waals surface area contributed by atoms with Crippen LogP contribution in [0.1, 0.15) is 35.2 Å². The zero-order chi connectivity index (χ0) is 17.0. The lowest BCUT2D eigenvalue weighted by Gasteiger charge is -2.32. The maximum Gasteiger partial charge on any atom is 0.253 e. The summed E-state index contributed by atoms with van der Waals surface area (Å²) in [6, 6.07) is 4.95. The molecule has 1 N–H and O–H groups in total. The van der Waals surface area contributed by atoms with Crippen LogP contribution in [0.15, 0.2) is 23.1 Å². The van der Waals surface area contributed by atoms with Gasteiger partial charge in [0.1, 0.15) is 0 Å². The topological polar surface area (TPSA) is 66.5 Å². The molecule has 1 aromatic carbocycles. The van der Waals surface area contributed by atoms with Crippen LogP contribution in [-0.2, 0) is 9.84 Å². The lowest BCUT2D eigenvalue weighted by atomic mass is 9.93. The number of carbonyl (C=O) groups excluding carboxylic acids is 1.